The van der Waals surface area contributed by atoms with Gasteiger partial charge < -0.3 is 18.8 Å². The van der Waals surface area contributed by atoms with Crippen LogP contribution in [-0.4, -0.2) is 73.9 Å². The fourth-order valence-electron chi connectivity index (χ4n) is 5.21. The molecule has 4 aromatic rings. The van der Waals surface area contributed by atoms with Crippen molar-refractivity contribution in [1.82, 2.24) is 24.1 Å². The van der Waals surface area contributed by atoms with E-state index in [9.17, 15) is 14.0 Å². The zero-order valence-electron chi connectivity index (χ0n) is 23.2. The van der Waals surface area contributed by atoms with Crippen molar-refractivity contribution in [3.8, 4) is 5.88 Å². The molecular formula is C28H33FN6O4. The Balaban J connectivity index is 1.45. The van der Waals surface area contributed by atoms with Gasteiger partial charge in [-0.2, -0.15) is 4.68 Å². The molecule has 0 unspecified atom stereocenters. The molecule has 11 heteroatoms. The van der Waals surface area contributed by atoms with Crippen LogP contribution in [0.5, 0.6) is 5.88 Å². The van der Waals surface area contributed by atoms with Crippen LogP contribution in [0.25, 0.3) is 16.6 Å². The zero-order valence-corrected chi connectivity index (χ0v) is 23.2. The second-order valence-corrected chi connectivity index (χ2v) is 11.1. The molecule has 1 aliphatic heterocycles. The van der Waals surface area contributed by atoms with Crippen molar-refractivity contribution < 1.29 is 23.5 Å². The lowest BCUT2D eigenvalue weighted by molar-refractivity contribution is 0.00565. The molecule has 1 amide bonds. The number of anilines is 1. The van der Waals surface area contributed by atoms with Crippen LogP contribution in [-0.2, 0) is 4.74 Å². The SMILES string of the molecule is COc1nn(C(=O)c2cc(F)c3nc(C)cn3c2)c2ccc(N3C[C@H](C)N(C(=O)OC(C)(C)C)[C@@H](C)C3)cc12. The van der Waals surface area contributed by atoms with Crippen LogP contribution in [0.3, 0.4) is 0 Å². The van der Waals surface area contributed by atoms with Gasteiger partial charge in [-0.1, -0.05) is 0 Å². The Bertz CT molecular complexity index is 1570. The normalized spacial score (nSPS) is 18.2. The second kappa shape index (κ2) is 9.55. The monoisotopic (exact) mass is 536 g/mol. The Morgan fingerprint density at radius 3 is 2.41 bits per heavy atom. The first-order valence-corrected chi connectivity index (χ1v) is 12.9. The molecule has 0 N–H and O–H groups in total. The van der Waals surface area contributed by atoms with Crippen molar-refractivity contribution in [2.75, 3.05) is 25.1 Å². The summed E-state index contributed by atoms with van der Waals surface area (Å²) in [5.41, 5.74) is 1.82. The Morgan fingerprint density at radius 2 is 1.77 bits per heavy atom. The number of methoxy groups -OCH3 is 1. The van der Waals surface area contributed by atoms with E-state index < -0.39 is 17.3 Å². The molecule has 1 aromatic carbocycles. The summed E-state index contributed by atoms with van der Waals surface area (Å²) in [6.45, 7) is 12.5. The number of benzene rings is 1. The van der Waals surface area contributed by atoms with E-state index in [0.29, 0.717) is 29.7 Å². The van der Waals surface area contributed by atoms with Crippen molar-refractivity contribution in [2.45, 2.75) is 59.2 Å². The van der Waals surface area contributed by atoms with Gasteiger partial charge in [-0.15, -0.1) is 5.10 Å². The number of ether oxygens (including phenoxy) is 2. The number of hydrogen-bond donors (Lipinski definition) is 0. The molecule has 1 saturated heterocycles. The van der Waals surface area contributed by atoms with Crippen LogP contribution in [0.1, 0.15) is 50.7 Å². The molecular weight excluding hydrogens is 503 g/mol. The van der Waals surface area contributed by atoms with Crippen molar-refractivity contribution in [3.05, 3.63) is 53.7 Å². The summed E-state index contributed by atoms with van der Waals surface area (Å²) in [4.78, 5) is 34.4. The molecule has 0 saturated carbocycles. The van der Waals surface area contributed by atoms with E-state index in [2.05, 4.69) is 15.0 Å². The van der Waals surface area contributed by atoms with Gasteiger partial charge in [0.2, 0.25) is 5.88 Å². The summed E-state index contributed by atoms with van der Waals surface area (Å²) in [6, 6.07) is 6.66. The van der Waals surface area contributed by atoms with Crippen molar-refractivity contribution in [3.63, 3.8) is 0 Å². The number of hydrogen-bond acceptors (Lipinski definition) is 7. The number of halogens is 1. The van der Waals surface area contributed by atoms with E-state index in [1.54, 1.807) is 24.2 Å². The quantitative estimate of drug-likeness (QED) is 0.376. The topological polar surface area (TPSA) is 94.2 Å². The molecule has 0 bridgehead atoms. The average Bonchev–Trinajstić information content (AvgIpc) is 3.41. The Morgan fingerprint density at radius 1 is 1.08 bits per heavy atom. The molecule has 2 atom stereocenters. The van der Waals surface area contributed by atoms with Crippen molar-refractivity contribution in [2.24, 2.45) is 0 Å². The smallest absolute Gasteiger partial charge is 0.410 e. The van der Waals surface area contributed by atoms with Gasteiger partial charge in [0, 0.05) is 31.2 Å². The van der Waals surface area contributed by atoms with E-state index in [1.807, 2.05) is 52.8 Å². The van der Waals surface area contributed by atoms with E-state index in [0.717, 1.165) is 5.69 Å². The molecule has 3 aromatic heterocycles. The van der Waals surface area contributed by atoms with Crippen LogP contribution in [0, 0.1) is 12.7 Å². The van der Waals surface area contributed by atoms with Gasteiger partial charge in [-0.3, -0.25) is 9.69 Å². The molecule has 5 rings (SSSR count). The van der Waals surface area contributed by atoms with Gasteiger partial charge in [-0.25, -0.2) is 14.2 Å². The number of imidazole rings is 1. The van der Waals surface area contributed by atoms with E-state index >= 15 is 0 Å². The standard InChI is InChI=1S/C28H33FN6O4/c1-16-12-33-15-19(10-22(29)24(33)30-16)26(36)35-23-9-8-20(11-21(23)25(31-35)38-7)32-13-17(2)34(18(3)14-32)27(37)39-28(4,5)6/h8-12,15,17-18H,13-14H2,1-7H3/t17-,18-/m0/s1. The zero-order chi connectivity index (χ0) is 28.2. The van der Waals surface area contributed by atoms with Crippen LogP contribution >= 0.6 is 0 Å². The minimum atomic E-state index is -0.589. The van der Waals surface area contributed by atoms with Crippen molar-refractivity contribution >= 4 is 34.2 Å². The molecule has 4 heterocycles. The summed E-state index contributed by atoms with van der Waals surface area (Å²) in [5.74, 6) is -0.793. The van der Waals surface area contributed by atoms with Crippen LogP contribution in [0.2, 0.25) is 0 Å². The number of nitrogens with zero attached hydrogens (tertiary/aromatic N) is 6. The number of aryl methyl sites for hydroxylation is 1. The molecule has 1 fully saturated rings. The van der Waals surface area contributed by atoms with Gasteiger partial charge in [0.25, 0.3) is 5.91 Å². The maximum Gasteiger partial charge on any atom is 0.410 e. The first-order chi connectivity index (χ1) is 18.4. The summed E-state index contributed by atoms with van der Waals surface area (Å²) < 4.78 is 28.5. The largest absolute Gasteiger partial charge is 0.479 e. The summed E-state index contributed by atoms with van der Waals surface area (Å²) in [7, 11) is 1.49. The van der Waals surface area contributed by atoms with Gasteiger partial charge in [-0.05, 0) is 65.8 Å². The molecule has 10 nitrogen and oxygen atoms in total. The minimum Gasteiger partial charge on any atom is -0.479 e. The number of fused-ring (bicyclic) bond motifs is 2. The highest BCUT2D eigenvalue weighted by Gasteiger charge is 2.36. The predicted octanol–water partition coefficient (Wildman–Crippen LogP) is 4.66. The molecule has 206 valence electrons. The lowest BCUT2D eigenvalue weighted by Crippen LogP contribution is -2.59. The highest BCUT2D eigenvalue weighted by molar-refractivity contribution is 6.03. The van der Waals surface area contributed by atoms with Crippen LogP contribution in [0.15, 0.2) is 36.7 Å². The molecule has 1 aliphatic rings. The maximum atomic E-state index is 14.7. The lowest BCUT2D eigenvalue weighted by atomic mass is 10.1. The third-order valence-electron chi connectivity index (χ3n) is 6.78. The number of carbonyl (C=O) groups is 2. The number of pyridine rings is 1. The fourth-order valence-corrected chi connectivity index (χ4v) is 5.21. The van der Waals surface area contributed by atoms with Gasteiger partial charge in [0.05, 0.1) is 41.4 Å². The number of aromatic nitrogens is 4. The van der Waals surface area contributed by atoms with E-state index in [4.69, 9.17) is 9.47 Å². The Hall–Kier alpha value is -4.15. The highest BCUT2D eigenvalue weighted by Crippen LogP contribution is 2.32. The van der Waals surface area contributed by atoms with Crippen LogP contribution < -0.4 is 9.64 Å². The number of carbonyl (C=O) groups excluding carboxylic acids is 2. The highest BCUT2D eigenvalue weighted by atomic mass is 19.1. The molecule has 0 spiro atoms. The Kier molecular flexibility index (Phi) is 6.48. The third kappa shape index (κ3) is 4.88. The summed E-state index contributed by atoms with van der Waals surface area (Å²) in [6.07, 6.45) is 2.88. The third-order valence-corrected chi connectivity index (χ3v) is 6.78. The first-order valence-electron chi connectivity index (χ1n) is 12.9. The van der Waals surface area contributed by atoms with Gasteiger partial charge >= 0.3 is 6.09 Å². The molecule has 0 aliphatic carbocycles. The number of rotatable bonds is 3. The van der Waals surface area contributed by atoms with Crippen molar-refractivity contribution in [1.29, 1.82) is 0 Å². The second-order valence-electron chi connectivity index (χ2n) is 11.1. The van der Waals surface area contributed by atoms with E-state index in [1.165, 1.54) is 22.3 Å². The Labute approximate surface area is 225 Å². The molecule has 39 heavy (non-hydrogen) atoms. The first kappa shape index (κ1) is 26.5. The van der Waals surface area contributed by atoms with Gasteiger partial charge in [0.1, 0.15) is 5.60 Å². The summed E-state index contributed by atoms with van der Waals surface area (Å²) in [5, 5.41) is 5.05. The summed E-state index contributed by atoms with van der Waals surface area (Å²) >= 11 is 0. The fraction of sp³-hybridized carbons (Fsp3) is 0.429. The average molecular weight is 537 g/mol. The lowest BCUT2D eigenvalue weighted by Gasteiger charge is -2.45. The predicted molar refractivity (Wildman–Crippen MR) is 145 cm³/mol. The number of piperazine rings is 1. The molecule has 0 radical (unpaired) electrons. The van der Waals surface area contributed by atoms with Gasteiger partial charge in [0.15, 0.2) is 11.5 Å². The van der Waals surface area contributed by atoms with E-state index in [-0.39, 0.29) is 35.3 Å². The number of amides is 1. The van der Waals surface area contributed by atoms with Crippen LogP contribution in [0.4, 0.5) is 14.9 Å². The maximum absolute atomic E-state index is 14.7. The minimum absolute atomic E-state index is 0.0814.